The van der Waals surface area contributed by atoms with Crippen molar-refractivity contribution in [2.24, 2.45) is 0 Å². The van der Waals surface area contributed by atoms with Crippen LogP contribution in [0.1, 0.15) is 0 Å². The van der Waals surface area contributed by atoms with Gasteiger partial charge in [-0.15, -0.1) is 0 Å². The molecule has 0 N–H and O–H groups in total. The molecule has 0 saturated heterocycles. The van der Waals surface area contributed by atoms with Crippen LogP contribution >= 0.6 is 11.6 Å². The summed E-state index contributed by atoms with van der Waals surface area (Å²) >= 11 is 6.74. The summed E-state index contributed by atoms with van der Waals surface area (Å²) in [5.41, 5.74) is 12.6. The summed E-state index contributed by atoms with van der Waals surface area (Å²) in [6, 6.07) is 60.7. The molecule has 0 bridgehead atoms. The number of para-hydroxylation sites is 6. The SMILES string of the molecule is Clc1cc(-c2ccc(-c3nc4ccccc4n3-c3ccccc3)cc2)cc(-c2ccc(-c3nc4ccccc4n3-c3ccccc3)cc2)c1. The van der Waals surface area contributed by atoms with E-state index < -0.39 is 0 Å². The van der Waals surface area contributed by atoms with Crippen molar-refractivity contribution in [3.8, 4) is 56.4 Å². The summed E-state index contributed by atoms with van der Waals surface area (Å²) in [5, 5.41) is 0.692. The Morgan fingerprint density at radius 1 is 0.347 bits per heavy atom. The monoisotopic (exact) mass is 648 g/mol. The fourth-order valence-corrected chi connectivity index (χ4v) is 6.90. The molecular formula is C44H29ClN4. The number of nitrogens with zero attached hydrogens (tertiary/aromatic N) is 4. The van der Waals surface area contributed by atoms with Crippen LogP contribution in [0.3, 0.4) is 0 Å². The molecule has 0 aliphatic rings. The summed E-state index contributed by atoms with van der Waals surface area (Å²) in [7, 11) is 0. The first kappa shape index (κ1) is 29.0. The summed E-state index contributed by atoms with van der Waals surface area (Å²) < 4.78 is 4.45. The smallest absolute Gasteiger partial charge is 0.145 e. The van der Waals surface area contributed by atoms with Crippen molar-refractivity contribution >= 4 is 33.7 Å². The molecule has 4 nitrogen and oxygen atoms in total. The van der Waals surface area contributed by atoms with Crippen molar-refractivity contribution in [2.45, 2.75) is 0 Å². The Balaban J connectivity index is 1.05. The highest BCUT2D eigenvalue weighted by Crippen LogP contribution is 2.35. The second kappa shape index (κ2) is 12.1. The van der Waals surface area contributed by atoms with Crippen molar-refractivity contribution in [1.29, 1.82) is 0 Å². The van der Waals surface area contributed by atoms with Gasteiger partial charge in [0.1, 0.15) is 11.6 Å². The molecule has 0 aliphatic carbocycles. The van der Waals surface area contributed by atoms with E-state index in [1.54, 1.807) is 0 Å². The predicted octanol–water partition coefficient (Wildman–Crippen LogP) is 11.7. The lowest BCUT2D eigenvalue weighted by atomic mass is 9.97. The van der Waals surface area contributed by atoms with E-state index in [0.717, 1.165) is 78.5 Å². The van der Waals surface area contributed by atoms with E-state index in [-0.39, 0.29) is 0 Å². The lowest BCUT2D eigenvalue weighted by Gasteiger charge is -2.12. The maximum atomic E-state index is 6.74. The first-order chi connectivity index (χ1) is 24.2. The largest absolute Gasteiger partial charge is 0.292 e. The molecule has 0 saturated carbocycles. The highest BCUT2D eigenvalue weighted by Gasteiger charge is 2.16. The normalized spacial score (nSPS) is 11.4. The number of benzene rings is 7. The molecular weight excluding hydrogens is 620 g/mol. The van der Waals surface area contributed by atoms with Gasteiger partial charge < -0.3 is 0 Å². The molecule has 9 aromatic rings. The predicted molar refractivity (Wildman–Crippen MR) is 202 cm³/mol. The zero-order valence-corrected chi connectivity index (χ0v) is 27.2. The average Bonchev–Trinajstić information content (AvgIpc) is 3.75. The Kier molecular flexibility index (Phi) is 7.15. The van der Waals surface area contributed by atoms with Crippen molar-refractivity contribution in [2.75, 3.05) is 0 Å². The molecule has 2 aromatic heterocycles. The van der Waals surface area contributed by atoms with E-state index in [0.29, 0.717) is 5.02 Å². The number of fused-ring (bicyclic) bond motifs is 2. The van der Waals surface area contributed by atoms with E-state index in [4.69, 9.17) is 21.6 Å². The second-order valence-electron chi connectivity index (χ2n) is 12.1. The van der Waals surface area contributed by atoms with Gasteiger partial charge in [-0.1, -0.05) is 121 Å². The summed E-state index contributed by atoms with van der Waals surface area (Å²) in [6.45, 7) is 0. The number of hydrogen-bond acceptors (Lipinski definition) is 2. The minimum absolute atomic E-state index is 0.692. The van der Waals surface area contributed by atoms with Crippen LogP contribution in [-0.2, 0) is 0 Å². The fourth-order valence-electron chi connectivity index (χ4n) is 6.66. The number of aromatic nitrogens is 4. The summed E-state index contributed by atoms with van der Waals surface area (Å²) in [5.74, 6) is 1.82. The van der Waals surface area contributed by atoms with Gasteiger partial charge in [-0.25, -0.2) is 9.97 Å². The minimum Gasteiger partial charge on any atom is -0.292 e. The highest BCUT2D eigenvalue weighted by atomic mass is 35.5. The van der Waals surface area contributed by atoms with Crippen molar-refractivity contribution < 1.29 is 0 Å². The molecule has 0 atom stereocenters. The van der Waals surface area contributed by atoms with Crippen LogP contribution in [0.25, 0.3) is 78.5 Å². The third kappa shape index (κ3) is 5.29. The Hall–Kier alpha value is -6.23. The molecule has 7 aromatic carbocycles. The van der Waals surface area contributed by atoms with Gasteiger partial charge >= 0.3 is 0 Å². The Labute approximate surface area is 289 Å². The van der Waals surface area contributed by atoms with Crippen LogP contribution in [-0.4, -0.2) is 19.1 Å². The first-order valence-electron chi connectivity index (χ1n) is 16.3. The van der Waals surface area contributed by atoms with E-state index in [1.165, 1.54) is 0 Å². The van der Waals surface area contributed by atoms with Crippen LogP contribution in [0.15, 0.2) is 176 Å². The lowest BCUT2D eigenvalue weighted by molar-refractivity contribution is 1.10. The standard InChI is InChI=1S/C44H29ClN4/c45-36-28-34(30-19-23-32(24-20-30)43-46-39-15-7-9-17-41(39)48(43)37-11-3-1-4-12-37)27-35(29-36)31-21-25-33(26-22-31)44-47-40-16-8-10-18-42(40)49(44)38-13-5-2-6-14-38/h1-29H. The van der Waals surface area contributed by atoms with E-state index in [1.807, 2.05) is 36.4 Å². The Bertz CT molecular complexity index is 2410. The third-order valence-electron chi connectivity index (χ3n) is 9.00. The van der Waals surface area contributed by atoms with Crippen LogP contribution < -0.4 is 0 Å². The number of imidazole rings is 2. The number of hydrogen-bond donors (Lipinski definition) is 0. The highest BCUT2D eigenvalue weighted by molar-refractivity contribution is 6.31. The zero-order valence-electron chi connectivity index (χ0n) is 26.4. The lowest BCUT2D eigenvalue weighted by Crippen LogP contribution is -1.97. The molecule has 0 fully saturated rings. The maximum absolute atomic E-state index is 6.74. The molecule has 232 valence electrons. The molecule has 9 rings (SSSR count). The maximum Gasteiger partial charge on any atom is 0.145 e. The molecule has 0 spiro atoms. The van der Waals surface area contributed by atoms with E-state index in [2.05, 4.69) is 149 Å². The van der Waals surface area contributed by atoms with Crippen LogP contribution in [0.4, 0.5) is 0 Å². The molecule has 49 heavy (non-hydrogen) atoms. The number of halogens is 1. The first-order valence-corrected chi connectivity index (χ1v) is 16.7. The Morgan fingerprint density at radius 2 is 0.714 bits per heavy atom. The van der Waals surface area contributed by atoms with Gasteiger partial charge in [0.05, 0.1) is 22.1 Å². The summed E-state index contributed by atoms with van der Waals surface area (Å²) in [4.78, 5) is 10.1. The zero-order chi connectivity index (χ0) is 32.7. The van der Waals surface area contributed by atoms with Crippen molar-refractivity contribution in [3.05, 3.63) is 181 Å². The molecule has 2 heterocycles. The average molecular weight is 649 g/mol. The van der Waals surface area contributed by atoms with E-state index in [9.17, 15) is 0 Å². The van der Waals surface area contributed by atoms with Gasteiger partial charge in [0.2, 0.25) is 0 Å². The van der Waals surface area contributed by atoms with Crippen molar-refractivity contribution in [3.63, 3.8) is 0 Å². The molecule has 0 aliphatic heterocycles. The molecule has 0 amide bonds. The van der Waals surface area contributed by atoms with Crippen LogP contribution in [0.5, 0.6) is 0 Å². The van der Waals surface area contributed by atoms with Gasteiger partial charge in [-0.05, 0) is 89.0 Å². The van der Waals surface area contributed by atoms with Gasteiger partial charge in [-0.2, -0.15) is 0 Å². The molecule has 5 heteroatoms. The quantitative estimate of drug-likeness (QED) is 0.180. The topological polar surface area (TPSA) is 35.6 Å². The van der Waals surface area contributed by atoms with E-state index >= 15 is 0 Å². The molecule has 0 unspecified atom stereocenters. The van der Waals surface area contributed by atoms with Crippen LogP contribution in [0, 0.1) is 0 Å². The number of rotatable bonds is 6. The minimum atomic E-state index is 0.692. The Morgan fingerprint density at radius 3 is 1.14 bits per heavy atom. The summed E-state index contributed by atoms with van der Waals surface area (Å²) in [6.07, 6.45) is 0. The second-order valence-corrected chi connectivity index (χ2v) is 12.5. The van der Waals surface area contributed by atoms with Gasteiger partial charge in [0.15, 0.2) is 0 Å². The van der Waals surface area contributed by atoms with Gasteiger partial charge in [0.25, 0.3) is 0 Å². The van der Waals surface area contributed by atoms with Gasteiger partial charge in [0, 0.05) is 27.5 Å². The third-order valence-corrected chi connectivity index (χ3v) is 9.22. The van der Waals surface area contributed by atoms with Gasteiger partial charge in [-0.3, -0.25) is 9.13 Å². The molecule has 0 radical (unpaired) electrons. The fraction of sp³-hybridized carbons (Fsp3) is 0. The van der Waals surface area contributed by atoms with Crippen LogP contribution in [0.2, 0.25) is 5.02 Å². The van der Waals surface area contributed by atoms with Crippen molar-refractivity contribution in [1.82, 2.24) is 19.1 Å².